The molecule has 0 heterocycles. The highest BCUT2D eigenvalue weighted by Gasteiger charge is 2.10. The van der Waals surface area contributed by atoms with Crippen LogP contribution in [0.2, 0.25) is 0 Å². The van der Waals surface area contributed by atoms with Gasteiger partial charge >= 0.3 is 0 Å². The summed E-state index contributed by atoms with van der Waals surface area (Å²) in [5.74, 6) is 0.581. The molecule has 0 radical (unpaired) electrons. The standard InChI is InChI=1S/C9H15NO/c1-7-2-4-8(5-3-7)6-9(10)11/h4,7H,2-3,5-6H2,1H3,(H2,10,11). The minimum absolute atomic E-state index is 0.203. The lowest BCUT2D eigenvalue weighted by molar-refractivity contribution is -0.117. The van der Waals surface area contributed by atoms with Crippen LogP contribution < -0.4 is 5.73 Å². The molecule has 11 heavy (non-hydrogen) atoms. The number of amides is 1. The molecule has 0 aromatic rings. The third-order valence-electron chi connectivity index (χ3n) is 2.17. The topological polar surface area (TPSA) is 43.1 Å². The van der Waals surface area contributed by atoms with Gasteiger partial charge in [0.05, 0.1) is 0 Å². The zero-order chi connectivity index (χ0) is 8.27. The number of hydrogen-bond donors (Lipinski definition) is 1. The number of hydrogen-bond acceptors (Lipinski definition) is 1. The molecule has 1 atom stereocenters. The summed E-state index contributed by atoms with van der Waals surface area (Å²) >= 11 is 0. The summed E-state index contributed by atoms with van der Waals surface area (Å²) in [7, 11) is 0. The first-order valence-electron chi connectivity index (χ1n) is 4.14. The van der Waals surface area contributed by atoms with Crippen LogP contribution in [-0.2, 0) is 4.79 Å². The largest absolute Gasteiger partial charge is 0.369 e. The molecule has 1 amide bonds. The molecule has 0 saturated carbocycles. The SMILES string of the molecule is CC1CC=C(CC(N)=O)CC1. The quantitative estimate of drug-likeness (QED) is 0.602. The van der Waals surface area contributed by atoms with Gasteiger partial charge in [-0.05, 0) is 25.2 Å². The fourth-order valence-electron chi connectivity index (χ4n) is 1.40. The van der Waals surface area contributed by atoms with E-state index in [2.05, 4.69) is 13.0 Å². The van der Waals surface area contributed by atoms with Gasteiger partial charge in [0.1, 0.15) is 0 Å². The van der Waals surface area contributed by atoms with Crippen LogP contribution in [0, 0.1) is 5.92 Å². The van der Waals surface area contributed by atoms with Gasteiger partial charge in [0.2, 0.25) is 5.91 Å². The third-order valence-corrected chi connectivity index (χ3v) is 2.17. The molecule has 2 heteroatoms. The molecule has 1 unspecified atom stereocenters. The molecule has 0 aromatic carbocycles. The van der Waals surface area contributed by atoms with Gasteiger partial charge in [-0.15, -0.1) is 0 Å². The number of rotatable bonds is 2. The molecule has 0 bridgehead atoms. The van der Waals surface area contributed by atoms with Gasteiger partial charge in [0, 0.05) is 6.42 Å². The fourth-order valence-corrected chi connectivity index (χ4v) is 1.40. The summed E-state index contributed by atoms with van der Waals surface area (Å²) in [4.78, 5) is 10.5. The van der Waals surface area contributed by atoms with Crippen LogP contribution in [0.5, 0.6) is 0 Å². The Balaban J connectivity index is 2.41. The van der Waals surface area contributed by atoms with E-state index in [0.717, 1.165) is 18.8 Å². The second-order valence-electron chi connectivity index (χ2n) is 3.39. The van der Waals surface area contributed by atoms with Crippen molar-refractivity contribution in [1.82, 2.24) is 0 Å². The van der Waals surface area contributed by atoms with Crippen LogP contribution in [0.3, 0.4) is 0 Å². The van der Waals surface area contributed by atoms with Crippen molar-refractivity contribution in [3.05, 3.63) is 11.6 Å². The van der Waals surface area contributed by atoms with E-state index in [1.54, 1.807) is 0 Å². The molecule has 2 nitrogen and oxygen atoms in total. The third kappa shape index (κ3) is 2.74. The van der Waals surface area contributed by atoms with E-state index in [1.807, 2.05) is 0 Å². The highest BCUT2D eigenvalue weighted by molar-refractivity contribution is 5.76. The van der Waals surface area contributed by atoms with Gasteiger partial charge in [0.25, 0.3) is 0 Å². The highest BCUT2D eigenvalue weighted by Crippen LogP contribution is 2.24. The summed E-state index contributed by atoms with van der Waals surface area (Å²) in [5, 5.41) is 0. The van der Waals surface area contributed by atoms with Gasteiger partial charge < -0.3 is 5.73 Å². The van der Waals surface area contributed by atoms with E-state index in [-0.39, 0.29) is 5.91 Å². The molecular formula is C9H15NO. The smallest absolute Gasteiger partial charge is 0.221 e. The zero-order valence-electron chi connectivity index (χ0n) is 6.97. The Hall–Kier alpha value is -0.790. The van der Waals surface area contributed by atoms with Crippen molar-refractivity contribution < 1.29 is 4.79 Å². The van der Waals surface area contributed by atoms with Crippen LogP contribution in [-0.4, -0.2) is 5.91 Å². The molecular weight excluding hydrogens is 138 g/mol. The molecule has 0 spiro atoms. The average molecular weight is 153 g/mol. The van der Waals surface area contributed by atoms with Gasteiger partial charge in [-0.25, -0.2) is 0 Å². The van der Waals surface area contributed by atoms with E-state index < -0.39 is 0 Å². The van der Waals surface area contributed by atoms with E-state index in [1.165, 1.54) is 12.0 Å². The Morgan fingerprint density at radius 2 is 2.55 bits per heavy atom. The van der Waals surface area contributed by atoms with Crippen molar-refractivity contribution >= 4 is 5.91 Å². The first-order chi connectivity index (χ1) is 5.18. The Labute approximate surface area is 67.5 Å². The minimum Gasteiger partial charge on any atom is -0.369 e. The van der Waals surface area contributed by atoms with Gasteiger partial charge in [-0.2, -0.15) is 0 Å². The van der Waals surface area contributed by atoms with E-state index in [0.29, 0.717) is 6.42 Å². The maximum Gasteiger partial charge on any atom is 0.221 e. The van der Waals surface area contributed by atoms with Crippen LogP contribution in [0.25, 0.3) is 0 Å². The second kappa shape index (κ2) is 3.56. The summed E-state index contributed by atoms with van der Waals surface area (Å²) in [5.41, 5.74) is 6.31. The van der Waals surface area contributed by atoms with Crippen LogP contribution >= 0.6 is 0 Å². The highest BCUT2D eigenvalue weighted by atomic mass is 16.1. The lowest BCUT2D eigenvalue weighted by Gasteiger charge is -2.16. The van der Waals surface area contributed by atoms with E-state index >= 15 is 0 Å². The lowest BCUT2D eigenvalue weighted by atomic mass is 9.90. The molecule has 0 aliphatic heterocycles. The van der Waals surface area contributed by atoms with Gasteiger partial charge in [-0.3, -0.25) is 4.79 Å². The Kier molecular flexibility index (Phi) is 2.69. The molecule has 1 aliphatic rings. The van der Waals surface area contributed by atoms with E-state index in [4.69, 9.17) is 5.73 Å². The van der Waals surface area contributed by atoms with Crippen LogP contribution in [0.4, 0.5) is 0 Å². The van der Waals surface area contributed by atoms with Crippen molar-refractivity contribution in [1.29, 1.82) is 0 Å². The Bertz CT molecular complexity index is 184. The zero-order valence-corrected chi connectivity index (χ0v) is 6.97. The summed E-state index contributed by atoms with van der Waals surface area (Å²) in [6.45, 7) is 2.23. The maximum atomic E-state index is 10.5. The fraction of sp³-hybridized carbons (Fsp3) is 0.667. The molecule has 0 saturated heterocycles. The number of primary amides is 1. The molecule has 0 fully saturated rings. The van der Waals surface area contributed by atoms with Gasteiger partial charge in [-0.1, -0.05) is 18.6 Å². The van der Waals surface area contributed by atoms with E-state index in [9.17, 15) is 4.79 Å². The molecule has 1 rings (SSSR count). The predicted octanol–water partition coefficient (Wildman–Crippen LogP) is 1.61. The van der Waals surface area contributed by atoms with Gasteiger partial charge in [0.15, 0.2) is 0 Å². The Morgan fingerprint density at radius 3 is 3.00 bits per heavy atom. The van der Waals surface area contributed by atoms with Crippen molar-refractivity contribution in [3.63, 3.8) is 0 Å². The molecule has 62 valence electrons. The average Bonchev–Trinajstić information content (AvgIpc) is 1.93. The summed E-state index contributed by atoms with van der Waals surface area (Å²) in [6.07, 6.45) is 6.01. The second-order valence-corrected chi connectivity index (χ2v) is 3.39. The number of nitrogens with two attached hydrogens (primary N) is 1. The monoisotopic (exact) mass is 153 g/mol. The van der Waals surface area contributed by atoms with Crippen LogP contribution in [0.1, 0.15) is 32.6 Å². The van der Waals surface area contributed by atoms with Crippen molar-refractivity contribution in [3.8, 4) is 0 Å². The minimum atomic E-state index is -0.203. The Morgan fingerprint density at radius 1 is 1.82 bits per heavy atom. The number of carbonyl (C=O) groups is 1. The summed E-state index contributed by atoms with van der Waals surface area (Å²) in [6, 6.07) is 0. The molecule has 2 N–H and O–H groups in total. The van der Waals surface area contributed by atoms with Crippen molar-refractivity contribution in [2.75, 3.05) is 0 Å². The van der Waals surface area contributed by atoms with Crippen molar-refractivity contribution in [2.24, 2.45) is 11.7 Å². The maximum absolute atomic E-state index is 10.5. The lowest BCUT2D eigenvalue weighted by Crippen LogP contribution is -2.13. The summed E-state index contributed by atoms with van der Waals surface area (Å²) < 4.78 is 0. The number of allylic oxidation sites excluding steroid dienone is 1. The normalized spacial score (nSPS) is 24.5. The van der Waals surface area contributed by atoms with Crippen molar-refractivity contribution in [2.45, 2.75) is 32.6 Å². The first kappa shape index (κ1) is 8.31. The molecule has 0 aromatic heterocycles. The predicted molar refractivity (Wildman–Crippen MR) is 44.9 cm³/mol. The molecule has 1 aliphatic carbocycles. The van der Waals surface area contributed by atoms with Crippen LogP contribution in [0.15, 0.2) is 11.6 Å². The first-order valence-corrected chi connectivity index (χ1v) is 4.14. The number of carbonyl (C=O) groups excluding carboxylic acids is 1.